The molecule has 0 radical (unpaired) electrons. The first-order chi connectivity index (χ1) is 9.75. The number of aliphatic hydroxyl groups is 1. The van der Waals surface area contributed by atoms with Crippen molar-refractivity contribution in [1.82, 2.24) is 0 Å². The van der Waals surface area contributed by atoms with Gasteiger partial charge in [-0.2, -0.15) is 0 Å². The molecule has 1 fully saturated rings. The summed E-state index contributed by atoms with van der Waals surface area (Å²) in [7, 11) is 0. The molecule has 118 valence electrons. The summed E-state index contributed by atoms with van der Waals surface area (Å²) in [5.74, 6) is 1.09. The van der Waals surface area contributed by atoms with Crippen LogP contribution in [0.3, 0.4) is 0 Å². The van der Waals surface area contributed by atoms with E-state index in [1.165, 1.54) is 12.8 Å². The molecule has 0 aromatic heterocycles. The highest BCUT2D eigenvalue weighted by Gasteiger charge is 2.38. The van der Waals surface area contributed by atoms with Gasteiger partial charge in [0.25, 0.3) is 0 Å². The molecule has 0 unspecified atom stereocenters. The molecule has 0 aliphatic heterocycles. The standard InChI is InChI=1S/C20H32O/c1-7-13-20(16(3)9-10-18(21)8-2)14-11-17(12-15-20)19(4,5)6/h7-10,13,17,21H,3,11-12,14-15H2,1-2,4-6H3/b10-9-,13-7+,18-8+. The lowest BCUT2D eigenvalue weighted by atomic mass is 9.61. The lowest BCUT2D eigenvalue weighted by molar-refractivity contribution is 0.135. The van der Waals surface area contributed by atoms with E-state index in [9.17, 15) is 5.11 Å². The van der Waals surface area contributed by atoms with E-state index in [-0.39, 0.29) is 5.41 Å². The molecule has 1 rings (SSSR count). The second-order valence-electron chi connectivity index (χ2n) is 7.37. The average Bonchev–Trinajstić information content (AvgIpc) is 2.44. The van der Waals surface area contributed by atoms with Crippen LogP contribution < -0.4 is 0 Å². The first kappa shape index (κ1) is 17.8. The first-order valence-electron chi connectivity index (χ1n) is 8.12. The van der Waals surface area contributed by atoms with Gasteiger partial charge in [0.15, 0.2) is 0 Å². The Kier molecular flexibility index (Phi) is 6.07. The first-order valence-corrected chi connectivity index (χ1v) is 8.12. The van der Waals surface area contributed by atoms with Crippen LogP contribution in [0.1, 0.15) is 60.3 Å². The van der Waals surface area contributed by atoms with E-state index in [2.05, 4.69) is 46.4 Å². The smallest absolute Gasteiger partial charge is 0.111 e. The van der Waals surface area contributed by atoms with E-state index < -0.39 is 0 Å². The van der Waals surface area contributed by atoms with Crippen molar-refractivity contribution in [2.24, 2.45) is 16.7 Å². The van der Waals surface area contributed by atoms with Crippen molar-refractivity contribution >= 4 is 0 Å². The fourth-order valence-corrected chi connectivity index (χ4v) is 3.36. The van der Waals surface area contributed by atoms with Gasteiger partial charge in [0.1, 0.15) is 5.76 Å². The van der Waals surface area contributed by atoms with Gasteiger partial charge in [-0.1, -0.05) is 45.6 Å². The maximum Gasteiger partial charge on any atom is 0.111 e. The Balaban J connectivity index is 2.88. The minimum atomic E-state index is 0.0705. The zero-order chi connectivity index (χ0) is 16.1. The summed E-state index contributed by atoms with van der Waals surface area (Å²) in [6, 6.07) is 0. The molecular weight excluding hydrogens is 256 g/mol. The van der Waals surface area contributed by atoms with Gasteiger partial charge in [-0.15, -0.1) is 0 Å². The average molecular weight is 288 g/mol. The number of aliphatic hydroxyl groups excluding tert-OH is 1. The molecule has 1 aliphatic carbocycles. The maximum absolute atomic E-state index is 9.58. The molecule has 21 heavy (non-hydrogen) atoms. The largest absolute Gasteiger partial charge is 0.508 e. The summed E-state index contributed by atoms with van der Waals surface area (Å²) in [4.78, 5) is 0. The van der Waals surface area contributed by atoms with Crippen LogP contribution in [0.15, 0.2) is 48.3 Å². The van der Waals surface area contributed by atoms with Gasteiger partial charge in [0.05, 0.1) is 0 Å². The van der Waals surface area contributed by atoms with E-state index in [4.69, 9.17) is 0 Å². The molecule has 0 amide bonds. The lowest BCUT2D eigenvalue weighted by Gasteiger charge is -2.43. The molecule has 0 atom stereocenters. The fraction of sp³-hybridized carbons (Fsp3) is 0.600. The predicted octanol–water partition coefficient (Wildman–Crippen LogP) is 6.36. The molecule has 0 aromatic carbocycles. The van der Waals surface area contributed by atoms with Crippen molar-refractivity contribution in [3.05, 3.63) is 48.3 Å². The van der Waals surface area contributed by atoms with Crippen LogP contribution in [0.4, 0.5) is 0 Å². The van der Waals surface area contributed by atoms with E-state index in [1.54, 1.807) is 12.2 Å². The Morgan fingerprint density at radius 3 is 2.14 bits per heavy atom. The topological polar surface area (TPSA) is 20.2 Å². The Morgan fingerprint density at radius 1 is 1.14 bits per heavy atom. The summed E-state index contributed by atoms with van der Waals surface area (Å²) in [6.07, 6.45) is 14.7. The van der Waals surface area contributed by atoms with Crippen molar-refractivity contribution in [3.8, 4) is 0 Å². The molecular formula is C20H32O. The molecule has 0 spiro atoms. The van der Waals surface area contributed by atoms with Gasteiger partial charge in [-0.05, 0) is 68.6 Å². The zero-order valence-electron chi connectivity index (χ0n) is 14.4. The predicted molar refractivity (Wildman–Crippen MR) is 93.3 cm³/mol. The SMILES string of the molecule is C=C(/C=C\C(O)=C/C)C1(/C=C/C)CCC(C(C)(C)C)CC1. The number of rotatable bonds is 4. The molecule has 0 aromatic rings. The summed E-state index contributed by atoms with van der Waals surface area (Å²) >= 11 is 0. The normalized spacial score (nSPS) is 28.4. The Morgan fingerprint density at radius 2 is 1.71 bits per heavy atom. The van der Waals surface area contributed by atoms with Crippen LogP contribution in [0.5, 0.6) is 0 Å². The summed E-state index contributed by atoms with van der Waals surface area (Å²) in [6.45, 7) is 15.2. The van der Waals surface area contributed by atoms with E-state index in [0.717, 1.165) is 24.3 Å². The zero-order valence-corrected chi connectivity index (χ0v) is 14.4. The molecule has 1 heteroatoms. The highest BCUT2D eigenvalue weighted by molar-refractivity contribution is 5.32. The van der Waals surface area contributed by atoms with Crippen LogP contribution in [-0.4, -0.2) is 5.11 Å². The van der Waals surface area contributed by atoms with Gasteiger partial charge in [0, 0.05) is 5.41 Å². The highest BCUT2D eigenvalue weighted by Crippen LogP contribution is 2.49. The van der Waals surface area contributed by atoms with Gasteiger partial charge < -0.3 is 5.11 Å². The Bertz CT molecular complexity index is 435. The van der Waals surface area contributed by atoms with Crippen molar-refractivity contribution in [2.75, 3.05) is 0 Å². The van der Waals surface area contributed by atoms with E-state index in [1.807, 2.05) is 13.0 Å². The van der Waals surface area contributed by atoms with E-state index in [0.29, 0.717) is 11.2 Å². The fourth-order valence-electron chi connectivity index (χ4n) is 3.36. The van der Waals surface area contributed by atoms with Gasteiger partial charge >= 0.3 is 0 Å². The third-order valence-corrected chi connectivity index (χ3v) is 4.98. The van der Waals surface area contributed by atoms with E-state index >= 15 is 0 Å². The number of hydrogen-bond acceptors (Lipinski definition) is 1. The summed E-state index contributed by atoms with van der Waals surface area (Å²) in [5, 5.41) is 9.58. The Hall–Kier alpha value is -1.24. The van der Waals surface area contributed by atoms with Crippen LogP contribution in [0.2, 0.25) is 0 Å². The van der Waals surface area contributed by atoms with Crippen molar-refractivity contribution in [1.29, 1.82) is 0 Å². The number of hydrogen-bond donors (Lipinski definition) is 1. The van der Waals surface area contributed by atoms with Gasteiger partial charge in [0.2, 0.25) is 0 Å². The maximum atomic E-state index is 9.58. The van der Waals surface area contributed by atoms with Crippen LogP contribution in [-0.2, 0) is 0 Å². The van der Waals surface area contributed by atoms with Gasteiger partial charge in [-0.25, -0.2) is 0 Å². The molecule has 1 N–H and O–H groups in total. The van der Waals surface area contributed by atoms with Crippen molar-refractivity contribution in [2.45, 2.75) is 60.3 Å². The molecule has 0 bridgehead atoms. The minimum absolute atomic E-state index is 0.0705. The summed E-state index contributed by atoms with van der Waals surface area (Å²) in [5.41, 5.74) is 1.57. The second kappa shape index (κ2) is 7.15. The lowest BCUT2D eigenvalue weighted by Crippen LogP contribution is -2.32. The van der Waals surface area contributed by atoms with Crippen molar-refractivity contribution in [3.63, 3.8) is 0 Å². The number of allylic oxidation sites excluding steroid dienone is 6. The molecule has 1 saturated carbocycles. The van der Waals surface area contributed by atoms with Crippen LogP contribution in [0, 0.1) is 16.7 Å². The summed E-state index contributed by atoms with van der Waals surface area (Å²) < 4.78 is 0. The third kappa shape index (κ3) is 4.62. The molecule has 0 heterocycles. The highest BCUT2D eigenvalue weighted by atomic mass is 16.3. The van der Waals surface area contributed by atoms with Gasteiger partial charge in [-0.3, -0.25) is 0 Å². The molecule has 1 nitrogen and oxygen atoms in total. The Labute approximate surface area is 131 Å². The van der Waals surface area contributed by atoms with Crippen LogP contribution >= 0.6 is 0 Å². The molecule has 0 saturated heterocycles. The molecule has 1 aliphatic rings. The second-order valence-corrected chi connectivity index (χ2v) is 7.37. The quantitative estimate of drug-likeness (QED) is 0.362. The minimum Gasteiger partial charge on any atom is -0.508 e. The van der Waals surface area contributed by atoms with Crippen molar-refractivity contribution < 1.29 is 5.11 Å². The third-order valence-electron chi connectivity index (χ3n) is 4.98. The van der Waals surface area contributed by atoms with Crippen LogP contribution in [0.25, 0.3) is 0 Å². The monoisotopic (exact) mass is 288 g/mol.